The second-order valence-electron chi connectivity index (χ2n) is 16.6. The van der Waals surface area contributed by atoms with E-state index in [9.17, 15) is 8.22 Å². The van der Waals surface area contributed by atoms with E-state index < -0.39 is 62.0 Å². The predicted molar refractivity (Wildman–Crippen MR) is 270 cm³/mol. The van der Waals surface area contributed by atoms with Crippen molar-refractivity contribution in [2.24, 2.45) is 0 Å². The van der Waals surface area contributed by atoms with Crippen molar-refractivity contribution in [1.82, 2.24) is 9.13 Å². The van der Waals surface area contributed by atoms with Gasteiger partial charge >= 0.3 is 0 Å². The van der Waals surface area contributed by atoms with Crippen LogP contribution in [-0.2, 0) is 0 Å². The quantitative estimate of drug-likeness (QED) is 0.107. The Morgan fingerprint density at radius 3 is 1.62 bits per heavy atom. The largest absolute Gasteiger partial charge is 0.309 e. The van der Waals surface area contributed by atoms with Gasteiger partial charge in [-0.15, -0.1) is 0 Å². The summed E-state index contributed by atoms with van der Waals surface area (Å²) < 4.78 is 107. The molecular weight excluding hydrogens is 777 g/mol. The minimum atomic E-state index is -3.02. The zero-order valence-electron chi connectivity index (χ0n) is 45.5. The summed E-state index contributed by atoms with van der Waals surface area (Å²) in [6.07, 6.45) is 5.79. The Morgan fingerprint density at radius 1 is 0.397 bits per heavy atom. The first kappa shape index (κ1) is 27.7. The number of benzene rings is 9. The van der Waals surface area contributed by atoms with Crippen LogP contribution < -0.4 is 20.7 Å². The van der Waals surface area contributed by atoms with E-state index in [1.165, 1.54) is 24.8 Å². The van der Waals surface area contributed by atoms with E-state index in [0.717, 1.165) is 55.4 Å². The Labute approximate surface area is 385 Å². The molecule has 3 heteroatoms. The molecular formula is C60H48N2Si. The van der Waals surface area contributed by atoms with Gasteiger partial charge in [-0.05, 0) is 117 Å². The highest BCUT2D eigenvalue weighted by molar-refractivity contribution is 7.19. The van der Waals surface area contributed by atoms with E-state index in [2.05, 4.69) is 97.1 Å². The number of hydrogen-bond donors (Lipinski definition) is 0. The van der Waals surface area contributed by atoms with Crippen LogP contribution in [0.15, 0.2) is 224 Å². The molecule has 0 atom stereocenters. The zero-order valence-corrected chi connectivity index (χ0v) is 35.5. The number of nitrogens with zero attached hydrogens (tertiary/aromatic N) is 2. The van der Waals surface area contributed by atoms with Crippen LogP contribution in [0.2, 0.25) is 0 Å². The maximum absolute atomic E-state index is 10.4. The maximum atomic E-state index is 10.4. The minimum absolute atomic E-state index is 0.00596. The average molecular weight is 836 g/mol. The molecule has 2 heterocycles. The number of aromatic nitrogens is 2. The van der Waals surface area contributed by atoms with Gasteiger partial charge in [0.2, 0.25) is 0 Å². The van der Waals surface area contributed by atoms with Crippen molar-refractivity contribution >= 4 is 72.4 Å². The summed E-state index contributed by atoms with van der Waals surface area (Å²) in [5.41, 5.74) is 2.62. The summed E-state index contributed by atoms with van der Waals surface area (Å²) in [4.78, 5) is 0. The lowest BCUT2D eigenvalue weighted by Gasteiger charge is -2.34. The Kier molecular flexibility index (Phi) is 6.86. The van der Waals surface area contributed by atoms with E-state index in [4.69, 9.17) is 6.85 Å². The molecule has 0 bridgehead atoms. The molecule has 0 N–H and O–H groups in total. The molecule has 0 aliphatic heterocycles. The summed E-state index contributed by atoms with van der Waals surface area (Å²) in [5, 5.41) is 6.44. The van der Waals surface area contributed by atoms with E-state index in [0.29, 0.717) is 11.6 Å². The molecule has 63 heavy (non-hydrogen) atoms. The molecule has 0 saturated heterocycles. The summed E-state index contributed by atoms with van der Waals surface area (Å²) in [5.74, 6) is 0.424. The third-order valence-corrected chi connectivity index (χ3v) is 18.0. The fraction of sp³-hybridized carbons (Fsp3) is 0.100. The highest BCUT2D eigenvalue weighted by atomic mass is 28.3. The van der Waals surface area contributed by atoms with E-state index in [-0.39, 0.29) is 51.2 Å². The molecule has 1 saturated carbocycles. The molecule has 0 spiro atoms. The van der Waals surface area contributed by atoms with Crippen molar-refractivity contribution in [3.05, 3.63) is 230 Å². The van der Waals surface area contributed by atoms with Crippen LogP contribution in [0, 0.1) is 0 Å². The Hall–Kier alpha value is -7.20. The number of hydrogen-bond acceptors (Lipinski definition) is 0. The molecule has 9 aromatic carbocycles. The molecule has 2 nitrogen and oxygen atoms in total. The Balaban J connectivity index is 1.18. The van der Waals surface area contributed by atoms with E-state index in [1.54, 1.807) is 4.57 Å². The minimum Gasteiger partial charge on any atom is -0.309 e. The molecule has 302 valence electrons. The van der Waals surface area contributed by atoms with Crippen LogP contribution >= 0.6 is 0 Å². The fourth-order valence-corrected chi connectivity index (χ4v) is 15.1. The molecule has 12 rings (SSSR count). The zero-order chi connectivity index (χ0) is 51.3. The van der Waals surface area contributed by atoms with Gasteiger partial charge in [-0.1, -0.05) is 183 Å². The lowest BCUT2D eigenvalue weighted by atomic mass is 9.84. The second-order valence-corrected chi connectivity index (χ2v) is 20.4. The van der Waals surface area contributed by atoms with Gasteiger partial charge in [-0.2, -0.15) is 0 Å². The van der Waals surface area contributed by atoms with Crippen molar-refractivity contribution in [2.45, 2.75) is 38.0 Å². The molecule has 0 amide bonds. The van der Waals surface area contributed by atoms with Gasteiger partial charge in [0, 0.05) is 32.9 Å². The molecule has 0 radical (unpaired) electrons. The van der Waals surface area contributed by atoms with Crippen LogP contribution in [0.25, 0.3) is 66.1 Å². The topological polar surface area (TPSA) is 9.86 Å². The van der Waals surface area contributed by atoms with Gasteiger partial charge in [0.25, 0.3) is 0 Å². The standard InChI is InChI=1S/C60H48N2Si/c1-6-18-43(19-7-1)45-30-37-58-54(40-45)53-28-16-17-29-57(53)62(58)48-34-39-60-56(42-48)55-41-46(44-20-8-2-9-21-44)31-38-59(55)61(60)47-32-35-52(36-33-47)63(49-22-10-3-11-23-49,50-24-12-4-13-25-50)51-26-14-5-15-27-51/h2-5,8-17,20-43H,1,6-7,18-19H2/i2D,8D,9D,20D,21D,31D,34D,38D,39D,41D,42D. The molecule has 2 aromatic heterocycles. The lowest BCUT2D eigenvalue weighted by molar-refractivity contribution is 0.444. The molecule has 1 aliphatic carbocycles. The Morgan fingerprint density at radius 2 is 0.952 bits per heavy atom. The Bertz CT molecular complexity index is 3930. The number of rotatable bonds is 8. The normalized spacial score (nSPS) is 16.1. The molecule has 0 unspecified atom stereocenters. The number of para-hydroxylation sites is 1. The third-order valence-electron chi connectivity index (χ3n) is 13.2. The summed E-state index contributed by atoms with van der Waals surface area (Å²) >= 11 is 0. The van der Waals surface area contributed by atoms with E-state index >= 15 is 0 Å². The van der Waals surface area contributed by atoms with Crippen LogP contribution in [-0.4, -0.2) is 17.2 Å². The van der Waals surface area contributed by atoms with Crippen molar-refractivity contribution < 1.29 is 15.1 Å². The summed E-state index contributed by atoms with van der Waals surface area (Å²) in [7, 11) is -3.02. The smallest absolute Gasteiger partial charge is 0.179 e. The first-order valence-corrected chi connectivity index (χ1v) is 23.8. The summed E-state index contributed by atoms with van der Waals surface area (Å²) in [6.45, 7) is 0. The lowest BCUT2D eigenvalue weighted by Crippen LogP contribution is -2.74. The highest BCUT2D eigenvalue weighted by Crippen LogP contribution is 2.40. The molecule has 1 aliphatic rings. The van der Waals surface area contributed by atoms with Crippen LogP contribution in [0.3, 0.4) is 0 Å². The van der Waals surface area contributed by atoms with Crippen LogP contribution in [0.4, 0.5) is 0 Å². The van der Waals surface area contributed by atoms with Crippen molar-refractivity contribution in [2.75, 3.05) is 0 Å². The van der Waals surface area contributed by atoms with Crippen molar-refractivity contribution in [3.8, 4) is 22.5 Å². The second kappa shape index (κ2) is 15.6. The van der Waals surface area contributed by atoms with Crippen molar-refractivity contribution in [1.29, 1.82) is 0 Å². The van der Waals surface area contributed by atoms with Gasteiger partial charge in [-0.3, -0.25) is 0 Å². The van der Waals surface area contributed by atoms with Gasteiger partial charge in [0.1, 0.15) is 0 Å². The predicted octanol–water partition coefficient (Wildman–Crippen LogP) is 13.0. The summed E-state index contributed by atoms with van der Waals surface area (Å²) in [6, 6.07) is 48.2. The fourth-order valence-electron chi connectivity index (χ4n) is 10.3. The van der Waals surface area contributed by atoms with Crippen LogP contribution in [0.5, 0.6) is 0 Å². The molecule has 11 aromatic rings. The van der Waals surface area contributed by atoms with Gasteiger partial charge in [-0.25, -0.2) is 0 Å². The van der Waals surface area contributed by atoms with E-state index in [1.807, 2.05) is 65.2 Å². The van der Waals surface area contributed by atoms with Crippen LogP contribution in [0.1, 0.15) is 58.7 Å². The SMILES string of the molecule is [2H]c1c([2H])c([2H])c(-c2c([2H])c([2H])c3c(c2[2H])c2c([2H])c(-n4c5ccccc5c5cc(C6CCCCC6)ccc54)c([2H])c([2H])c2n3-c2ccc([Si](c3ccccc3)(c3ccccc3)c3ccccc3)cc2)c([2H])c1[2H]. The van der Waals surface area contributed by atoms with Crippen molar-refractivity contribution in [3.63, 3.8) is 0 Å². The average Bonchev–Trinajstić information content (AvgIpc) is 4.00. The first-order valence-electron chi connectivity index (χ1n) is 27.3. The third kappa shape index (κ3) is 6.21. The monoisotopic (exact) mass is 835 g/mol. The van der Waals surface area contributed by atoms with Gasteiger partial charge < -0.3 is 9.13 Å². The van der Waals surface area contributed by atoms with Gasteiger partial charge in [0.05, 0.1) is 37.1 Å². The maximum Gasteiger partial charge on any atom is 0.179 e. The first-order chi connectivity index (χ1) is 35.9. The van der Waals surface area contributed by atoms with Gasteiger partial charge in [0.15, 0.2) is 8.07 Å². The molecule has 1 fully saturated rings. The highest BCUT2D eigenvalue weighted by Gasteiger charge is 2.41. The number of fused-ring (bicyclic) bond motifs is 6.